The Labute approximate surface area is 125 Å². The van der Waals surface area contributed by atoms with Gasteiger partial charge in [0.1, 0.15) is 11.8 Å². The van der Waals surface area contributed by atoms with Crippen LogP contribution < -0.4 is 0 Å². The Balaban J connectivity index is 1.65. The van der Waals surface area contributed by atoms with E-state index in [1.807, 2.05) is 24.3 Å². The Morgan fingerprint density at radius 1 is 1.29 bits per heavy atom. The number of nitrogens with zero attached hydrogens (tertiary/aromatic N) is 2. The van der Waals surface area contributed by atoms with Crippen molar-refractivity contribution in [1.82, 2.24) is 9.80 Å². The van der Waals surface area contributed by atoms with E-state index >= 15 is 0 Å². The van der Waals surface area contributed by atoms with Gasteiger partial charge in [-0.25, -0.2) is 0 Å². The summed E-state index contributed by atoms with van der Waals surface area (Å²) < 4.78 is 5.46. The van der Waals surface area contributed by atoms with Crippen molar-refractivity contribution < 1.29 is 9.21 Å². The summed E-state index contributed by atoms with van der Waals surface area (Å²) >= 11 is 0. The number of fused-ring (bicyclic) bond motifs is 1. The van der Waals surface area contributed by atoms with E-state index in [1.54, 1.807) is 6.26 Å². The standard InChI is InChI=1S/C17H22N2O2/c1-18(2)13-7-9-19(10-8-13)11-16(20)15-12-21-17-6-4-3-5-14(15)17/h3-6,12-13H,7-11H2,1-2H3. The minimum atomic E-state index is 0.156. The van der Waals surface area contributed by atoms with Crippen molar-refractivity contribution in [2.75, 3.05) is 33.7 Å². The van der Waals surface area contributed by atoms with Crippen LogP contribution in [0.1, 0.15) is 23.2 Å². The molecule has 0 amide bonds. The first-order chi connectivity index (χ1) is 10.1. The lowest BCUT2D eigenvalue weighted by molar-refractivity contribution is 0.0875. The second-order valence-corrected chi connectivity index (χ2v) is 6.04. The Bertz CT molecular complexity index is 625. The van der Waals surface area contributed by atoms with Gasteiger partial charge in [-0.2, -0.15) is 0 Å². The van der Waals surface area contributed by atoms with Crippen LogP contribution in [0, 0.1) is 0 Å². The molecule has 0 saturated carbocycles. The molecule has 1 aromatic carbocycles. The third-order valence-electron chi connectivity index (χ3n) is 4.44. The number of para-hydroxylation sites is 1. The highest BCUT2D eigenvalue weighted by atomic mass is 16.3. The number of furan rings is 1. The molecule has 0 N–H and O–H groups in total. The highest BCUT2D eigenvalue weighted by Crippen LogP contribution is 2.22. The van der Waals surface area contributed by atoms with Gasteiger partial charge in [-0.05, 0) is 33.0 Å². The number of hydrogen-bond donors (Lipinski definition) is 0. The molecule has 0 atom stereocenters. The predicted octanol–water partition coefficient (Wildman–Crippen LogP) is 2.64. The largest absolute Gasteiger partial charge is 0.464 e. The van der Waals surface area contributed by atoms with Crippen LogP contribution in [0.25, 0.3) is 11.0 Å². The molecular formula is C17H22N2O2. The van der Waals surface area contributed by atoms with Crippen LogP contribution in [0.3, 0.4) is 0 Å². The van der Waals surface area contributed by atoms with E-state index in [2.05, 4.69) is 23.9 Å². The molecular weight excluding hydrogens is 264 g/mol. The summed E-state index contributed by atoms with van der Waals surface area (Å²) in [7, 11) is 4.26. The fourth-order valence-corrected chi connectivity index (χ4v) is 3.08. The van der Waals surface area contributed by atoms with E-state index in [0.717, 1.165) is 36.9 Å². The Morgan fingerprint density at radius 2 is 2.00 bits per heavy atom. The molecule has 1 aromatic heterocycles. The van der Waals surface area contributed by atoms with Crippen molar-refractivity contribution in [3.05, 3.63) is 36.1 Å². The van der Waals surface area contributed by atoms with E-state index in [1.165, 1.54) is 0 Å². The van der Waals surface area contributed by atoms with E-state index in [0.29, 0.717) is 18.2 Å². The summed E-state index contributed by atoms with van der Waals surface area (Å²) in [5.41, 5.74) is 1.49. The molecule has 1 aliphatic heterocycles. The Morgan fingerprint density at radius 3 is 2.71 bits per heavy atom. The number of benzene rings is 1. The molecule has 4 nitrogen and oxygen atoms in total. The molecule has 0 radical (unpaired) electrons. The molecule has 2 heterocycles. The van der Waals surface area contributed by atoms with Gasteiger partial charge in [0.25, 0.3) is 0 Å². The minimum absolute atomic E-state index is 0.156. The Hall–Kier alpha value is -1.65. The summed E-state index contributed by atoms with van der Waals surface area (Å²) in [5, 5.41) is 0.922. The van der Waals surface area contributed by atoms with Crippen molar-refractivity contribution in [1.29, 1.82) is 0 Å². The number of likely N-dealkylation sites (tertiary alicyclic amines) is 1. The van der Waals surface area contributed by atoms with Gasteiger partial charge in [0.15, 0.2) is 5.78 Å². The fourth-order valence-electron chi connectivity index (χ4n) is 3.08. The van der Waals surface area contributed by atoms with Crippen molar-refractivity contribution in [2.24, 2.45) is 0 Å². The third-order valence-corrected chi connectivity index (χ3v) is 4.44. The van der Waals surface area contributed by atoms with Crippen LogP contribution >= 0.6 is 0 Å². The lowest BCUT2D eigenvalue weighted by atomic mass is 10.0. The molecule has 0 aliphatic carbocycles. The first kappa shape index (κ1) is 14.3. The van der Waals surface area contributed by atoms with Gasteiger partial charge in [0.05, 0.1) is 12.1 Å². The summed E-state index contributed by atoms with van der Waals surface area (Å²) in [6, 6.07) is 8.36. The van der Waals surface area contributed by atoms with Crippen molar-refractivity contribution >= 4 is 16.8 Å². The normalized spacial score (nSPS) is 17.7. The number of hydrogen-bond acceptors (Lipinski definition) is 4. The van der Waals surface area contributed by atoms with E-state index < -0.39 is 0 Å². The maximum Gasteiger partial charge on any atom is 0.180 e. The van der Waals surface area contributed by atoms with Crippen molar-refractivity contribution in [3.63, 3.8) is 0 Å². The topological polar surface area (TPSA) is 36.7 Å². The van der Waals surface area contributed by atoms with E-state index in [4.69, 9.17) is 4.42 Å². The quantitative estimate of drug-likeness (QED) is 0.810. The maximum atomic E-state index is 12.5. The molecule has 1 aliphatic rings. The molecule has 112 valence electrons. The maximum absolute atomic E-state index is 12.5. The molecule has 4 heteroatoms. The van der Waals surface area contributed by atoms with Gasteiger partial charge < -0.3 is 9.32 Å². The third kappa shape index (κ3) is 3.01. The number of carbonyl (C=O) groups excluding carboxylic acids is 1. The second-order valence-electron chi connectivity index (χ2n) is 6.04. The average Bonchev–Trinajstić information content (AvgIpc) is 2.92. The summed E-state index contributed by atoms with van der Waals surface area (Å²) in [4.78, 5) is 17.0. The second kappa shape index (κ2) is 6.00. The molecule has 21 heavy (non-hydrogen) atoms. The summed E-state index contributed by atoms with van der Waals surface area (Å²) in [6.07, 6.45) is 3.86. The van der Waals surface area contributed by atoms with Gasteiger partial charge in [-0.1, -0.05) is 18.2 Å². The number of carbonyl (C=O) groups is 1. The molecule has 0 unspecified atom stereocenters. The molecule has 1 fully saturated rings. The van der Waals surface area contributed by atoms with Crippen LogP contribution in [0.2, 0.25) is 0 Å². The number of rotatable bonds is 4. The first-order valence-corrected chi connectivity index (χ1v) is 7.53. The van der Waals surface area contributed by atoms with Gasteiger partial charge in [-0.15, -0.1) is 0 Å². The molecule has 2 aromatic rings. The lowest BCUT2D eigenvalue weighted by Crippen LogP contribution is -2.43. The van der Waals surface area contributed by atoms with E-state index in [-0.39, 0.29) is 5.78 Å². The zero-order valence-electron chi connectivity index (χ0n) is 12.7. The molecule has 3 rings (SSSR count). The van der Waals surface area contributed by atoms with E-state index in [9.17, 15) is 4.79 Å². The zero-order chi connectivity index (χ0) is 14.8. The highest BCUT2D eigenvalue weighted by molar-refractivity contribution is 6.08. The molecule has 1 saturated heterocycles. The number of piperidine rings is 1. The van der Waals surface area contributed by atoms with Crippen LogP contribution in [-0.2, 0) is 0 Å². The summed E-state index contributed by atoms with van der Waals surface area (Å²) in [5.74, 6) is 0.156. The fraction of sp³-hybridized carbons (Fsp3) is 0.471. The highest BCUT2D eigenvalue weighted by Gasteiger charge is 2.23. The first-order valence-electron chi connectivity index (χ1n) is 7.53. The smallest absolute Gasteiger partial charge is 0.180 e. The van der Waals surface area contributed by atoms with Crippen molar-refractivity contribution in [3.8, 4) is 0 Å². The van der Waals surface area contributed by atoms with Crippen LogP contribution in [0.4, 0.5) is 0 Å². The van der Waals surface area contributed by atoms with Crippen molar-refractivity contribution in [2.45, 2.75) is 18.9 Å². The van der Waals surface area contributed by atoms with Gasteiger partial charge >= 0.3 is 0 Å². The lowest BCUT2D eigenvalue weighted by Gasteiger charge is -2.34. The molecule has 0 bridgehead atoms. The van der Waals surface area contributed by atoms with Crippen LogP contribution in [0.15, 0.2) is 34.9 Å². The minimum Gasteiger partial charge on any atom is -0.464 e. The Kier molecular flexibility index (Phi) is 4.08. The predicted molar refractivity (Wildman–Crippen MR) is 83.7 cm³/mol. The monoisotopic (exact) mass is 286 g/mol. The van der Waals surface area contributed by atoms with Gasteiger partial charge in [0, 0.05) is 24.5 Å². The molecule has 0 spiro atoms. The zero-order valence-corrected chi connectivity index (χ0v) is 12.7. The average molecular weight is 286 g/mol. The van der Waals surface area contributed by atoms with Gasteiger partial charge in [-0.3, -0.25) is 9.69 Å². The van der Waals surface area contributed by atoms with Crippen LogP contribution in [0.5, 0.6) is 0 Å². The SMILES string of the molecule is CN(C)C1CCN(CC(=O)c2coc3ccccc23)CC1. The van der Waals surface area contributed by atoms with Gasteiger partial charge in [0.2, 0.25) is 0 Å². The van der Waals surface area contributed by atoms with Crippen LogP contribution in [-0.4, -0.2) is 55.4 Å². The number of Topliss-reactive ketones (excluding diaryl/α,β-unsaturated/α-hetero) is 1. The summed E-state index contributed by atoms with van der Waals surface area (Å²) in [6.45, 7) is 2.47. The number of ketones is 1.